The van der Waals surface area contributed by atoms with Gasteiger partial charge < -0.3 is 10.6 Å². The van der Waals surface area contributed by atoms with E-state index in [1.807, 2.05) is 24.8 Å². The summed E-state index contributed by atoms with van der Waals surface area (Å²) in [5.74, 6) is -1.14. The fraction of sp³-hybridized carbons (Fsp3) is 0.333. The molecule has 3 heterocycles. The number of Topliss-reactive ketones (excluding diaryl/α,β-unsaturated/α-hetero) is 1. The van der Waals surface area contributed by atoms with E-state index in [0.717, 1.165) is 0 Å². The first-order chi connectivity index (χ1) is 15.3. The fourth-order valence-electron chi connectivity index (χ4n) is 4.52. The number of hydrogen-bond acceptors (Lipinski definition) is 6. The van der Waals surface area contributed by atoms with Gasteiger partial charge in [0.1, 0.15) is 0 Å². The highest BCUT2D eigenvalue weighted by Crippen LogP contribution is 2.44. The van der Waals surface area contributed by atoms with Crippen LogP contribution in [-0.2, 0) is 15.1 Å². The molecule has 1 unspecified atom stereocenters. The van der Waals surface area contributed by atoms with E-state index in [-0.39, 0.29) is 17.6 Å². The Morgan fingerprint density at radius 1 is 1.28 bits per heavy atom. The van der Waals surface area contributed by atoms with Crippen LogP contribution >= 0.6 is 0 Å². The summed E-state index contributed by atoms with van der Waals surface area (Å²) in [6.45, 7) is 4.88. The van der Waals surface area contributed by atoms with E-state index in [4.69, 9.17) is 5.73 Å². The fourth-order valence-corrected chi connectivity index (χ4v) is 4.52. The number of amides is 1. The van der Waals surface area contributed by atoms with Gasteiger partial charge in [0.25, 0.3) is 5.91 Å². The standard InChI is InChI=1S/C24H26FN5O2/c1-4-20(31)19-13-17(14-30(19)5-2)24(22(32)29(3)23(26)28-24)16-9-6-8-15(12-16)18-10-7-11-27-21(18)25/h6-13,17H,4-5,14H2,1-3H3,(H2,26,28)/t17?,24-/m0/s1. The number of guanidine groups is 1. The van der Waals surface area contributed by atoms with E-state index in [1.54, 1.807) is 43.4 Å². The first kappa shape index (κ1) is 21.7. The predicted molar refractivity (Wildman–Crippen MR) is 120 cm³/mol. The third-order valence-corrected chi connectivity index (χ3v) is 6.28. The van der Waals surface area contributed by atoms with Gasteiger partial charge in [0.05, 0.1) is 5.70 Å². The lowest BCUT2D eigenvalue weighted by Crippen LogP contribution is -2.45. The molecular formula is C24H26FN5O2. The average Bonchev–Trinajstić information content (AvgIpc) is 3.34. The number of ketones is 1. The Hall–Kier alpha value is -3.55. The molecule has 166 valence electrons. The molecule has 2 aliphatic rings. The number of aliphatic imine (C=N–C) groups is 1. The molecule has 7 nitrogen and oxygen atoms in total. The summed E-state index contributed by atoms with van der Waals surface area (Å²) in [4.78, 5) is 37.8. The molecule has 2 N–H and O–H groups in total. The van der Waals surface area contributed by atoms with Crippen LogP contribution in [0.2, 0.25) is 0 Å². The quantitative estimate of drug-likeness (QED) is 0.705. The van der Waals surface area contributed by atoms with Crippen LogP contribution in [0.4, 0.5) is 4.39 Å². The van der Waals surface area contributed by atoms with E-state index in [9.17, 15) is 14.0 Å². The number of nitrogens with two attached hydrogens (primary N) is 1. The summed E-state index contributed by atoms with van der Waals surface area (Å²) < 4.78 is 14.4. The van der Waals surface area contributed by atoms with Crippen molar-refractivity contribution in [1.82, 2.24) is 14.8 Å². The highest BCUT2D eigenvalue weighted by molar-refractivity contribution is 6.07. The van der Waals surface area contributed by atoms with Crippen molar-refractivity contribution in [3.8, 4) is 11.1 Å². The minimum Gasteiger partial charge on any atom is -0.369 e. The minimum atomic E-state index is -1.34. The van der Waals surface area contributed by atoms with Crippen molar-refractivity contribution in [2.45, 2.75) is 25.8 Å². The smallest absolute Gasteiger partial charge is 0.262 e. The Balaban J connectivity index is 1.89. The Kier molecular flexibility index (Phi) is 5.54. The summed E-state index contributed by atoms with van der Waals surface area (Å²) in [5, 5.41) is 0. The molecule has 8 heteroatoms. The van der Waals surface area contributed by atoms with Gasteiger partial charge in [-0.15, -0.1) is 0 Å². The number of nitrogens with zero attached hydrogens (tertiary/aromatic N) is 4. The van der Waals surface area contributed by atoms with Crippen LogP contribution in [-0.4, -0.2) is 52.6 Å². The minimum absolute atomic E-state index is 0.0198. The van der Waals surface area contributed by atoms with Gasteiger partial charge in [-0.1, -0.05) is 25.1 Å². The normalized spacial score (nSPS) is 22.9. The largest absolute Gasteiger partial charge is 0.369 e. The van der Waals surface area contributed by atoms with E-state index in [1.165, 1.54) is 11.1 Å². The number of carbonyl (C=O) groups excluding carboxylic acids is 2. The van der Waals surface area contributed by atoms with Crippen molar-refractivity contribution in [2.24, 2.45) is 16.6 Å². The van der Waals surface area contributed by atoms with E-state index >= 15 is 0 Å². The van der Waals surface area contributed by atoms with Crippen LogP contribution in [0.15, 0.2) is 59.4 Å². The molecule has 0 spiro atoms. The predicted octanol–water partition coefficient (Wildman–Crippen LogP) is 2.68. The number of likely N-dealkylation sites (N-methyl/N-ethyl adjacent to an activating group) is 2. The highest BCUT2D eigenvalue weighted by Gasteiger charge is 2.55. The summed E-state index contributed by atoms with van der Waals surface area (Å²) in [5.41, 5.74) is 6.87. The van der Waals surface area contributed by atoms with Crippen molar-refractivity contribution < 1.29 is 14.0 Å². The Bertz CT molecular complexity index is 1140. The number of pyridine rings is 1. The third-order valence-electron chi connectivity index (χ3n) is 6.28. The van der Waals surface area contributed by atoms with E-state index in [0.29, 0.717) is 41.9 Å². The van der Waals surface area contributed by atoms with Gasteiger partial charge in [-0.3, -0.25) is 14.5 Å². The first-order valence-electron chi connectivity index (χ1n) is 10.7. The van der Waals surface area contributed by atoms with E-state index < -0.39 is 17.4 Å². The van der Waals surface area contributed by atoms with Crippen molar-refractivity contribution in [1.29, 1.82) is 0 Å². The third kappa shape index (κ3) is 3.26. The SMILES string of the molecule is CCC(=O)C1=CC([C@]2(c3cccc(-c4cccnc4F)c3)N=C(N)N(C)C2=O)CN1CC. The second-order valence-electron chi connectivity index (χ2n) is 8.00. The Labute approximate surface area is 186 Å². The maximum absolute atomic E-state index is 14.4. The topological polar surface area (TPSA) is 91.9 Å². The molecule has 1 aromatic carbocycles. The summed E-state index contributed by atoms with van der Waals surface area (Å²) in [6, 6.07) is 10.4. The molecule has 1 amide bonds. The molecule has 0 fully saturated rings. The van der Waals surface area contributed by atoms with Gasteiger partial charge in [0.15, 0.2) is 17.3 Å². The van der Waals surface area contributed by atoms with Crippen LogP contribution < -0.4 is 5.73 Å². The molecule has 0 aliphatic carbocycles. The summed E-state index contributed by atoms with van der Waals surface area (Å²) in [7, 11) is 1.59. The van der Waals surface area contributed by atoms with Gasteiger partial charge in [-0.25, -0.2) is 9.98 Å². The molecule has 32 heavy (non-hydrogen) atoms. The number of aromatic nitrogens is 1. The van der Waals surface area contributed by atoms with Crippen molar-refractivity contribution in [3.05, 3.63) is 65.9 Å². The lowest BCUT2D eigenvalue weighted by Gasteiger charge is -2.32. The average molecular weight is 436 g/mol. The molecule has 4 rings (SSSR count). The van der Waals surface area contributed by atoms with Gasteiger partial charge in [0.2, 0.25) is 5.95 Å². The maximum atomic E-state index is 14.4. The van der Waals surface area contributed by atoms with Gasteiger partial charge >= 0.3 is 0 Å². The lowest BCUT2D eigenvalue weighted by atomic mass is 9.77. The highest BCUT2D eigenvalue weighted by atomic mass is 19.1. The zero-order chi connectivity index (χ0) is 23.0. The van der Waals surface area contributed by atoms with Crippen LogP contribution in [0, 0.1) is 11.9 Å². The molecular weight excluding hydrogens is 409 g/mol. The van der Waals surface area contributed by atoms with Gasteiger partial charge in [0, 0.05) is 44.2 Å². The van der Waals surface area contributed by atoms with Crippen LogP contribution in [0.5, 0.6) is 0 Å². The van der Waals surface area contributed by atoms with Crippen molar-refractivity contribution >= 4 is 17.6 Å². The summed E-state index contributed by atoms with van der Waals surface area (Å²) >= 11 is 0. The number of halogens is 1. The second-order valence-corrected chi connectivity index (χ2v) is 8.00. The van der Waals surface area contributed by atoms with Crippen LogP contribution in [0.25, 0.3) is 11.1 Å². The first-order valence-corrected chi connectivity index (χ1v) is 10.7. The molecule has 0 radical (unpaired) electrons. The molecule has 2 aromatic rings. The van der Waals surface area contributed by atoms with Crippen molar-refractivity contribution in [3.63, 3.8) is 0 Å². The van der Waals surface area contributed by atoms with Gasteiger partial charge in [-0.05, 0) is 42.3 Å². The maximum Gasteiger partial charge on any atom is 0.262 e. The zero-order valence-electron chi connectivity index (χ0n) is 18.4. The lowest BCUT2D eigenvalue weighted by molar-refractivity contribution is -0.132. The van der Waals surface area contributed by atoms with E-state index in [2.05, 4.69) is 9.98 Å². The molecule has 0 saturated carbocycles. The number of benzene rings is 1. The number of carbonyl (C=O) groups is 2. The molecule has 0 bridgehead atoms. The monoisotopic (exact) mass is 435 g/mol. The molecule has 1 aromatic heterocycles. The van der Waals surface area contributed by atoms with Crippen LogP contribution in [0.1, 0.15) is 25.8 Å². The second kappa shape index (κ2) is 8.18. The summed E-state index contributed by atoms with van der Waals surface area (Å²) in [6.07, 6.45) is 3.61. The van der Waals surface area contributed by atoms with Crippen LogP contribution in [0.3, 0.4) is 0 Å². The number of rotatable bonds is 6. The molecule has 0 saturated heterocycles. The number of allylic oxidation sites excluding steroid dienone is 1. The van der Waals surface area contributed by atoms with Gasteiger partial charge in [-0.2, -0.15) is 4.39 Å². The zero-order valence-corrected chi connectivity index (χ0v) is 18.4. The Morgan fingerprint density at radius 2 is 2.06 bits per heavy atom. The molecule has 2 aliphatic heterocycles. The number of hydrogen-bond donors (Lipinski definition) is 1. The Morgan fingerprint density at radius 3 is 2.69 bits per heavy atom. The van der Waals surface area contributed by atoms with Crippen molar-refractivity contribution in [2.75, 3.05) is 20.1 Å². The molecule has 2 atom stereocenters.